The van der Waals surface area contributed by atoms with E-state index in [0.717, 1.165) is 18.7 Å². The molecular weight excluding hydrogens is 721 g/mol. The number of hydrogen-bond donors (Lipinski definition) is 1. The largest absolute Gasteiger partial charge is 0.371 e. The van der Waals surface area contributed by atoms with Gasteiger partial charge in [-0.25, -0.2) is 9.56 Å². The molecule has 0 amide bonds. The van der Waals surface area contributed by atoms with Crippen molar-refractivity contribution in [3.8, 4) is 0 Å². The molecule has 56 heavy (non-hydrogen) atoms. The molecule has 0 bridgehead atoms. The van der Waals surface area contributed by atoms with E-state index >= 15 is 0 Å². The number of pyridine rings is 1. The van der Waals surface area contributed by atoms with Gasteiger partial charge in [-0.3, -0.25) is 0 Å². The number of anilines is 2. The molecule has 0 atom stereocenters. The first-order chi connectivity index (χ1) is 27.7. The van der Waals surface area contributed by atoms with Crippen molar-refractivity contribution in [2.75, 3.05) is 54.0 Å². The third kappa shape index (κ3) is 11.8. The van der Waals surface area contributed by atoms with Gasteiger partial charge < -0.3 is 9.80 Å². The summed E-state index contributed by atoms with van der Waals surface area (Å²) in [7, 11) is 4.16. The maximum absolute atomic E-state index is 4.04. The predicted octanol–water partition coefficient (Wildman–Crippen LogP) is 10.0. The van der Waals surface area contributed by atoms with E-state index in [-0.39, 0.29) is 0 Å². The average Bonchev–Trinajstić information content (AvgIpc) is 3.23. The summed E-state index contributed by atoms with van der Waals surface area (Å²) in [5.41, 5.74) is 14.4. The minimum absolute atomic E-state index is 1.04. The van der Waals surface area contributed by atoms with Crippen molar-refractivity contribution in [1.82, 2.24) is 0 Å². The second-order valence-corrected chi connectivity index (χ2v) is 19.0. The van der Waals surface area contributed by atoms with E-state index in [1.807, 2.05) is 6.08 Å². The molecule has 0 spiro atoms. The lowest BCUT2D eigenvalue weighted by molar-refractivity contribution is -0.697. The Labute approximate surface area is 346 Å². The Morgan fingerprint density at radius 3 is 1.68 bits per heavy atom. The molecule has 2 aromatic carbocycles. The summed E-state index contributed by atoms with van der Waals surface area (Å²) in [6.07, 6.45) is 40.3. The number of allylic oxidation sites excluding steroid dienone is 4. The molecule has 1 aromatic heterocycles. The van der Waals surface area contributed by atoms with Gasteiger partial charge in [0.15, 0.2) is 18.6 Å². The number of rotatable bonds is 21. The highest BCUT2D eigenvalue weighted by Gasteiger charge is 2.25. The van der Waals surface area contributed by atoms with E-state index in [1.165, 1.54) is 157 Å². The number of unbranched alkanes of at least 4 members (excludes halogenated alkanes) is 6. The molecule has 4 nitrogen and oxygen atoms in total. The number of hydrogen-bond acceptors (Lipinski definition) is 4. The predicted molar refractivity (Wildman–Crippen MR) is 247 cm³/mol. The van der Waals surface area contributed by atoms with Crippen molar-refractivity contribution >= 4 is 57.4 Å². The average molecular weight is 787 g/mol. The third-order valence-electron chi connectivity index (χ3n) is 12.0. The van der Waals surface area contributed by atoms with E-state index in [9.17, 15) is 0 Å². The van der Waals surface area contributed by atoms with Crippen LogP contribution in [-0.2, 0) is 32.2 Å². The van der Waals surface area contributed by atoms with Crippen LogP contribution < -0.4 is 19.4 Å². The number of aryl methyl sites for hydroxylation is 5. The van der Waals surface area contributed by atoms with Crippen molar-refractivity contribution in [2.45, 2.75) is 109 Å². The Morgan fingerprint density at radius 1 is 0.625 bits per heavy atom. The van der Waals surface area contributed by atoms with Crippen LogP contribution in [0.25, 0.3) is 18.2 Å². The van der Waals surface area contributed by atoms with Crippen LogP contribution in [0.2, 0.25) is 0 Å². The van der Waals surface area contributed by atoms with Gasteiger partial charge in [0.2, 0.25) is 0 Å². The Morgan fingerprint density at radius 2 is 1.12 bits per heavy atom. The van der Waals surface area contributed by atoms with E-state index in [1.54, 1.807) is 33.6 Å². The minimum atomic E-state index is 1.04. The zero-order valence-electron chi connectivity index (χ0n) is 34.0. The molecule has 0 unspecified atom stereocenters. The van der Waals surface area contributed by atoms with Crippen LogP contribution in [0.4, 0.5) is 11.4 Å². The lowest BCUT2D eigenvalue weighted by atomic mass is 9.90. The van der Waals surface area contributed by atoms with Crippen LogP contribution in [-0.4, -0.2) is 50.4 Å². The summed E-state index contributed by atoms with van der Waals surface area (Å²) in [4.78, 5) is 8.73. The molecule has 1 N–H and O–H groups in total. The third-order valence-corrected chi connectivity index (χ3v) is 14.5. The maximum Gasteiger partial charge on any atom is 0.169 e. The fourth-order valence-electron chi connectivity index (χ4n) is 9.07. The lowest BCUT2D eigenvalue weighted by Crippen LogP contribution is -2.68. The minimum Gasteiger partial charge on any atom is -0.371 e. The standard InChI is InChI=1S/C50H65N4S2/c1-2-41(19-21-43-37-45-15-11-29-53-30-12-16-46(38-43)49(45)53)23-27-51-26-7-3-5-9-35-55-56-36-10-6-4-8-28-52-33-24-42(25-34-52)20-22-44-39-47-17-13-31-54-32-14-18-48(40-44)50(47)54/h2,19-25,27,33-34,37-40H,1,3-18,26,28-32,35-36H2/q+1/p+1/b21-19+,41-23+,51-27?. The molecular formula is C50H66N4S2+2. The smallest absolute Gasteiger partial charge is 0.169 e. The van der Waals surface area contributed by atoms with Gasteiger partial charge in [0.25, 0.3) is 0 Å². The summed E-state index contributed by atoms with van der Waals surface area (Å²) >= 11 is 0. The van der Waals surface area contributed by atoms with Crippen LogP contribution in [0.3, 0.4) is 0 Å². The van der Waals surface area contributed by atoms with E-state index in [4.69, 9.17) is 0 Å². The highest BCUT2D eigenvalue weighted by molar-refractivity contribution is 8.76. The molecule has 3 aromatic rings. The van der Waals surface area contributed by atoms with Crippen molar-refractivity contribution in [3.05, 3.63) is 118 Å². The van der Waals surface area contributed by atoms with Gasteiger partial charge in [0.1, 0.15) is 13.1 Å². The second kappa shape index (κ2) is 21.9. The quantitative estimate of drug-likeness (QED) is 0.0382. The topological polar surface area (TPSA) is 24.3 Å². The molecule has 0 radical (unpaired) electrons. The molecule has 296 valence electrons. The Hall–Kier alpha value is -3.48. The second-order valence-electron chi connectivity index (χ2n) is 16.3. The molecule has 5 heterocycles. The van der Waals surface area contributed by atoms with Crippen LogP contribution in [0, 0.1) is 0 Å². The van der Waals surface area contributed by atoms with E-state index in [2.05, 4.69) is 133 Å². The van der Waals surface area contributed by atoms with Gasteiger partial charge in [0, 0.05) is 80.1 Å². The van der Waals surface area contributed by atoms with Crippen molar-refractivity contribution in [3.63, 3.8) is 0 Å². The first kappa shape index (κ1) is 40.7. The Bertz CT molecular complexity index is 1790. The summed E-state index contributed by atoms with van der Waals surface area (Å²) in [6, 6.07) is 14.2. The summed E-state index contributed by atoms with van der Waals surface area (Å²) in [5, 5.41) is 0. The molecule has 4 aliphatic rings. The van der Waals surface area contributed by atoms with Gasteiger partial charge >= 0.3 is 0 Å². The molecule has 0 saturated heterocycles. The Kier molecular flexibility index (Phi) is 15.9. The van der Waals surface area contributed by atoms with Gasteiger partial charge in [-0.05, 0) is 146 Å². The summed E-state index contributed by atoms with van der Waals surface area (Å²) in [6.45, 7) is 11.1. The lowest BCUT2D eigenvalue weighted by Gasteiger charge is -2.37. The fraction of sp³-hybridized carbons (Fsp3) is 0.480. The van der Waals surface area contributed by atoms with Crippen LogP contribution in [0.5, 0.6) is 0 Å². The zero-order chi connectivity index (χ0) is 38.2. The fourth-order valence-corrected chi connectivity index (χ4v) is 11.4. The van der Waals surface area contributed by atoms with E-state index in [0.29, 0.717) is 0 Å². The van der Waals surface area contributed by atoms with Crippen molar-refractivity contribution in [2.24, 2.45) is 0 Å². The SMILES string of the molecule is C=CC(/C=C/c1cc2c3c(c1)CCCN3CCC2)=C\C=[NH+]CCCCCCSSCCCCCC[n+]1ccc(/C=C/c2cc3c4c(c2)CCCN4CCC3)cc1. The van der Waals surface area contributed by atoms with Gasteiger partial charge in [-0.1, -0.05) is 71.4 Å². The van der Waals surface area contributed by atoms with Crippen molar-refractivity contribution in [1.29, 1.82) is 0 Å². The van der Waals surface area contributed by atoms with Gasteiger partial charge in [0.05, 0.1) is 0 Å². The number of nitrogens with zero attached hydrogens (tertiary/aromatic N) is 3. The number of aromatic nitrogens is 1. The summed E-state index contributed by atoms with van der Waals surface area (Å²) in [5.74, 6) is 2.56. The normalized spacial score (nSPS) is 16.6. The van der Waals surface area contributed by atoms with E-state index < -0.39 is 0 Å². The highest BCUT2D eigenvalue weighted by atomic mass is 33.1. The van der Waals surface area contributed by atoms with Crippen LogP contribution in [0.15, 0.2) is 79.2 Å². The highest BCUT2D eigenvalue weighted by Crippen LogP contribution is 2.37. The van der Waals surface area contributed by atoms with Crippen LogP contribution >= 0.6 is 21.6 Å². The zero-order valence-corrected chi connectivity index (χ0v) is 35.6. The monoisotopic (exact) mass is 786 g/mol. The number of benzene rings is 2. The number of nitrogens with one attached hydrogen (secondary N) is 1. The molecule has 4 aliphatic heterocycles. The molecule has 7 rings (SSSR count). The van der Waals surface area contributed by atoms with Crippen molar-refractivity contribution < 1.29 is 9.56 Å². The Balaban J connectivity index is 0.680. The molecule has 0 saturated carbocycles. The van der Waals surface area contributed by atoms with Gasteiger partial charge in [-0.2, -0.15) is 0 Å². The molecule has 6 heteroatoms. The van der Waals surface area contributed by atoms with Gasteiger partial charge in [-0.15, -0.1) is 0 Å². The maximum atomic E-state index is 4.04. The first-order valence-corrected chi connectivity index (χ1v) is 24.5. The summed E-state index contributed by atoms with van der Waals surface area (Å²) < 4.78 is 2.35. The molecule has 0 aliphatic carbocycles. The van der Waals surface area contributed by atoms with Crippen LogP contribution in [0.1, 0.15) is 116 Å². The first-order valence-electron chi connectivity index (χ1n) is 22.0. The molecule has 0 fully saturated rings.